The molecule has 0 saturated carbocycles. The maximum Gasteiger partial charge on any atom is 0.0813 e. The van der Waals surface area contributed by atoms with E-state index in [1.807, 2.05) is 0 Å². The van der Waals surface area contributed by atoms with Crippen LogP contribution in [0, 0.1) is 0 Å². The summed E-state index contributed by atoms with van der Waals surface area (Å²) >= 11 is 6.32. The van der Waals surface area contributed by atoms with Crippen LogP contribution < -0.4 is 0 Å². The van der Waals surface area contributed by atoms with Crippen molar-refractivity contribution in [2.24, 2.45) is 0 Å². The molecule has 1 fully saturated rings. The van der Waals surface area contributed by atoms with Gasteiger partial charge in [-0.15, -0.1) is 0 Å². The molecule has 0 spiro atoms. The molecule has 2 aliphatic rings. The van der Waals surface area contributed by atoms with Crippen LogP contribution in [0.5, 0.6) is 0 Å². The molecule has 86 valence electrons. The minimum atomic E-state index is 0.507. The molecule has 1 aliphatic heterocycles. The highest BCUT2D eigenvalue weighted by Crippen LogP contribution is 2.29. The average Bonchev–Trinajstić information content (AvgIpc) is 3.10. The maximum atomic E-state index is 6.32. The second-order valence-corrected chi connectivity index (χ2v) is 5.32. The van der Waals surface area contributed by atoms with Crippen molar-refractivity contribution in [3.63, 3.8) is 0 Å². The molecule has 1 nitrogen and oxygen atoms in total. The lowest BCUT2D eigenvalue weighted by Gasteiger charge is -2.17. The largest absolute Gasteiger partial charge is 0.373 e. The van der Waals surface area contributed by atoms with Crippen molar-refractivity contribution in [3.8, 4) is 0 Å². The molecule has 0 radical (unpaired) electrons. The fourth-order valence-corrected chi connectivity index (χ4v) is 2.83. The Kier molecular flexibility index (Phi) is 2.91. The third kappa shape index (κ3) is 2.26. The van der Waals surface area contributed by atoms with Gasteiger partial charge in [-0.3, -0.25) is 0 Å². The van der Waals surface area contributed by atoms with Crippen LogP contribution in [0.2, 0.25) is 5.02 Å². The first-order valence-electron chi connectivity index (χ1n) is 6.25. The second-order valence-electron chi connectivity index (χ2n) is 4.91. The van der Waals surface area contributed by atoms with Gasteiger partial charge in [0.25, 0.3) is 0 Å². The standard InChI is InChI=1S/C14H17ClO/c15-14-8-11-4-2-1-3-10(11)7-12(14)5-6-13-9-16-13/h7-8,13H,1-6,9H2. The predicted octanol–water partition coefficient (Wildman–Crippen LogP) is 3.55. The molecular formula is C14H17ClO. The van der Waals surface area contributed by atoms with Gasteiger partial charge in [-0.2, -0.15) is 0 Å². The molecule has 16 heavy (non-hydrogen) atoms. The Hall–Kier alpha value is -0.530. The van der Waals surface area contributed by atoms with Gasteiger partial charge in [0.05, 0.1) is 12.7 Å². The van der Waals surface area contributed by atoms with E-state index in [0.29, 0.717) is 6.10 Å². The number of rotatable bonds is 3. The maximum absolute atomic E-state index is 6.32. The number of aryl methyl sites for hydroxylation is 3. The van der Waals surface area contributed by atoms with Gasteiger partial charge >= 0.3 is 0 Å². The van der Waals surface area contributed by atoms with Gasteiger partial charge < -0.3 is 4.74 Å². The van der Waals surface area contributed by atoms with Crippen molar-refractivity contribution in [2.75, 3.05) is 6.61 Å². The minimum Gasteiger partial charge on any atom is -0.373 e. The highest BCUT2D eigenvalue weighted by Gasteiger charge is 2.22. The summed E-state index contributed by atoms with van der Waals surface area (Å²) in [6.45, 7) is 0.947. The Morgan fingerprint density at radius 2 is 1.88 bits per heavy atom. The third-order valence-electron chi connectivity index (χ3n) is 3.65. The number of hydrogen-bond donors (Lipinski definition) is 0. The van der Waals surface area contributed by atoms with E-state index < -0.39 is 0 Å². The number of fused-ring (bicyclic) bond motifs is 1. The normalized spacial score (nSPS) is 22.9. The van der Waals surface area contributed by atoms with Gasteiger partial charge in [-0.1, -0.05) is 17.7 Å². The third-order valence-corrected chi connectivity index (χ3v) is 4.00. The van der Waals surface area contributed by atoms with Gasteiger partial charge in [0, 0.05) is 5.02 Å². The van der Waals surface area contributed by atoms with Crippen LogP contribution in [0.3, 0.4) is 0 Å². The van der Waals surface area contributed by atoms with Gasteiger partial charge in [-0.25, -0.2) is 0 Å². The predicted molar refractivity (Wildman–Crippen MR) is 66.2 cm³/mol. The number of epoxide rings is 1. The molecule has 1 aliphatic carbocycles. The highest BCUT2D eigenvalue weighted by molar-refractivity contribution is 6.31. The molecule has 0 N–H and O–H groups in total. The fraction of sp³-hybridized carbons (Fsp3) is 0.571. The van der Waals surface area contributed by atoms with Gasteiger partial charge in [-0.05, 0) is 61.3 Å². The number of benzene rings is 1. The molecule has 0 bridgehead atoms. The number of halogens is 1. The first-order valence-corrected chi connectivity index (χ1v) is 6.62. The van der Waals surface area contributed by atoms with Crippen molar-refractivity contribution in [1.82, 2.24) is 0 Å². The van der Waals surface area contributed by atoms with E-state index in [1.165, 1.54) is 42.4 Å². The van der Waals surface area contributed by atoms with E-state index in [2.05, 4.69) is 12.1 Å². The van der Waals surface area contributed by atoms with Gasteiger partial charge in [0.2, 0.25) is 0 Å². The number of hydrogen-bond acceptors (Lipinski definition) is 1. The van der Waals surface area contributed by atoms with Crippen molar-refractivity contribution in [3.05, 3.63) is 33.8 Å². The van der Waals surface area contributed by atoms with Crippen LogP contribution in [0.15, 0.2) is 12.1 Å². The van der Waals surface area contributed by atoms with Crippen molar-refractivity contribution < 1.29 is 4.74 Å². The lowest BCUT2D eigenvalue weighted by molar-refractivity contribution is 0.397. The van der Waals surface area contributed by atoms with Crippen molar-refractivity contribution >= 4 is 11.6 Å². The Balaban J connectivity index is 1.80. The van der Waals surface area contributed by atoms with E-state index in [4.69, 9.17) is 16.3 Å². The van der Waals surface area contributed by atoms with Crippen molar-refractivity contribution in [1.29, 1.82) is 0 Å². The first-order chi connectivity index (χ1) is 7.83. The zero-order valence-electron chi connectivity index (χ0n) is 9.47. The summed E-state index contributed by atoms with van der Waals surface area (Å²) in [6, 6.07) is 4.53. The minimum absolute atomic E-state index is 0.507. The topological polar surface area (TPSA) is 12.5 Å². The van der Waals surface area contributed by atoms with E-state index in [-0.39, 0.29) is 0 Å². The zero-order valence-corrected chi connectivity index (χ0v) is 10.2. The Morgan fingerprint density at radius 1 is 1.19 bits per heavy atom. The van der Waals surface area contributed by atoms with E-state index in [9.17, 15) is 0 Å². The molecular weight excluding hydrogens is 220 g/mol. The monoisotopic (exact) mass is 236 g/mol. The average molecular weight is 237 g/mol. The Morgan fingerprint density at radius 3 is 2.56 bits per heavy atom. The van der Waals surface area contributed by atoms with Crippen LogP contribution in [0.1, 0.15) is 36.0 Å². The molecule has 2 heteroatoms. The van der Waals surface area contributed by atoms with E-state index >= 15 is 0 Å². The molecule has 1 atom stereocenters. The molecule has 1 saturated heterocycles. The summed E-state index contributed by atoms with van der Waals surface area (Å²) in [5.41, 5.74) is 4.32. The van der Waals surface area contributed by atoms with Gasteiger partial charge in [0.1, 0.15) is 0 Å². The lowest BCUT2D eigenvalue weighted by Crippen LogP contribution is -2.04. The van der Waals surface area contributed by atoms with Gasteiger partial charge in [0.15, 0.2) is 0 Å². The summed E-state index contributed by atoms with van der Waals surface area (Å²) in [4.78, 5) is 0. The summed E-state index contributed by atoms with van der Waals surface area (Å²) < 4.78 is 5.24. The first kappa shape index (κ1) is 10.6. The second kappa shape index (κ2) is 4.38. The van der Waals surface area contributed by atoms with Crippen LogP contribution in [-0.4, -0.2) is 12.7 Å². The highest BCUT2D eigenvalue weighted by atomic mass is 35.5. The van der Waals surface area contributed by atoms with E-state index in [1.54, 1.807) is 0 Å². The zero-order chi connectivity index (χ0) is 11.0. The molecule has 3 rings (SSSR count). The fourth-order valence-electron chi connectivity index (χ4n) is 2.55. The molecule has 1 unspecified atom stereocenters. The summed E-state index contributed by atoms with van der Waals surface area (Å²) in [7, 11) is 0. The smallest absolute Gasteiger partial charge is 0.0813 e. The molecule has 0 aromatic heterocycles. The molecule has 0 amide bonds. The lowest BCUT2D eigenvalue weighted by atomic mass is 9.89. The summed E-state index contributed by atoms with van der Waals surface area (Å²) in [5, 5.41) is 0.960. The molecule has 1 aromatic carbocycles. The van der Waals surface area contributed by atoms with Crippen LogP contribution in [0.25, 0.3) is 0 Å². The summed E-state index contributed by atoms with van der Waals surface area (Å²) in [5.74, 6) is 0. The Labute approximate surface area is 102 Å². The molecule has 1 aromatic rings. The molecule has 1 heterocycles. The summed E-state index contributed by atoms with van der Waals surface area (Å²) in [6.07, 6.45) is 7.79. The van der Waals surface area contributed by atoms with E-state index in [0.717, 1.165) is 24.5 Å². The number of ether oxygens (including phenoxy) is 1. The van der Waals surface area contributed by atoms with Crippen LogP contribution >= 0.6 is 11.6 Å². The Bertz CT molecular complexity index is 396. The van der Waals surface area contributed by atoms with Crippen LogP contribution in [0.4, 0.5) is 0 Å². The SMILES string of the molecule is Clc1cc2c(cc1CCC1CO1)CCCC2. The van der Waals surface area contributed by atoms with Crippen LogP contribution in [-0.2, 0) is 24.0 Å². The van der Waals surface area contributed by atoms with Crippen molar-refractivity contribution in [2.45, 2.75) is 44.6 Å². The quantitative estimate of drug-likeness (QED) is 0.732.